The first-order chi connectivity index (χ1) is 19.5. The molecule has 1 aromatic rings. The van der Waals surface area contributed by atoms with Gasteiger partial charge in [0.15, 0.2) is 0 Å². The summed E-state index contributed by atoms with van der Waals surface area (Å²) in [5.74, 6) is 1.62. The van der Waals surface area contributed by atoms with E-state index in [-0.39, 0.29) is 35.8 Å². The van der Waals surface area contributed by atoms with Crippen LogP contribution in [0.1, 0.15) is 48.3 Å². The minimum atomic E-state index is -0.692. The van der Waals surface area contributed by atoms with Gasteiger partial charge in [0, 0.05) is 24.7 Å². The van der Waals surface area contributed by atoms with E-state index in [1.165, 1.54) is 23.6 Å². The van der Waals surface area contributed by atoms with E-state index in [0.717, 1.165) is 49.5 Å². The number of fused-ring (bicyclic) bond motifs is 5. The van der Waals surface area contributed by atoms with Crippen molar-refractivity contribution < 1.29 is 13.9 Å². The Morgan fingerprint density at radius 2 is 2.15 bits per heavy atom. The van der Waals surface area contributed by atoms with Gasteiger partial charge < -0.3 is 19.4 Å². The normalized spacial score (nSPS) is 35.4. The lowest BCUT2D eigenvalue weighted by Gasteiger charge is -2.50. The highest BCUT2D eigenvalue weighted by molar-refractivity contribution is 6.01. The molecule has 4 aliphatic heterocycles. The third kappa shape index (κ3) is 3.67. The first kappa shape index (κ1) is 24.5. The molecular formula is C32H36FN5O2. The Bertz CT molecular complexity index is 1410. The largest absolute Gasteiger partial charge is 0.462 e. The molecule has 7 aliphatic rings. The average Bonchev–Trinajstić information content (AvgIpc) is 3.24. The minimum Gasteiger partial charge on any atom is -0.462 e. The summed E-state index contributed by atoms with van der Waals surface area (Å²) in [5.41, 5.74) is 4.41. The fourth-order valence-corrected chi connectivity index (χ4v) is 8.14. The van der Waals surface area contributed by atoms with Crippen LogP contribution in [0.3, 0.4) is 0 Å². The van der Waals surface area contributed by atoms with Crippen molar-refractivity contribution >= 4 is 23.3 Å². The van der Waals surface area contributed by atoms with Crippen molar-refractivity contribution in [1.29, 1.82) is 0 Å². The number of carbonyl (C=O) groups is 1. The molecule has 0 bridgehead atoms. The molecule has 0 aromatic heterocycles. The van der Waals surface area contributed by atoms with Crippen molar-refractivity contribution in [2.24, 2.45) is 21.8 Å². The van der Waals surface area contributed by atoms with Gasteiger partial charge in [-0.2, -0.15) is 4.99 Å². The summed E-state index contributed by atoms with van der Waals surface area (Å²) in [6.07, 6.45) is 10.9. The molecule has 1 aromatic carbocycles. The maximum absolute atomic E-state index is 16.6. The molecule has 8 heteroatoms. The van der Waals surface area contributed by atoms with Gasteiger partial charge in [-0.25, -0.2) is 9.38 Å². The molecule has 3 saturated heterocycles. The lowest BCUT2D eigenvalue weighted by Crippen LogP contribution is -2.66. The lowest BCUT2D eigenvalue weighted by atomic mass is 9.82. The van der Waals surface area contributed by atoms with Gasteiger partial charge in [-0.15, -0.1) is 0 Å². The quantitative estimate of drug-likeness (QED) is 0.542. The van der Waals surface area contributed by atoms with Crippen LogP contribution in [0.15, 0.2) is 58.8 Å². The Labute approximate surface area is 234 Å². The van der Waals surface area contributed by atoms with Crippen molar-refractivity contribution in [1.82, 2.24) is 14.7 Å². The first-order valence-electron chi connectivity index (χ1n) is 14.9. The van der Waals surface area contributed by atoms with Crippen molar-refractivity contribution in [2.75, 3.05) is 33.3 Å². The fraction of sp³-hybridized carbons (Fsp3) is 0.531. The predicted molar refractivity (Wildman–Crippen MR) is 153 cm³/mol. The van der Waals surface area contributed by atoms with Crippen LogP contribution in [-0.4, -0.2) is 89.9 Å². The summed E-state index contributed by atoms with van der Waals surface area (Å²) < 4.78 is 22.8. The maximum atomic E-state index is 16.6. The number of ether oxygens (including phenoxy) is 1. The number of hydrogen-bond acceptors (Lipinski definition) is 6. The van der Waals surface area contributed by atoms with Crippen LogP contribution < -0.4 is 0 Å². The average molecular weight is 542 g/mol. The van der Waals surface area contributed by atoms with E-state index < -0.39 is 6.04 Å². The van der Waals surface area contributed by atoms with E-state index in [1.54, 1.807) is 0 Å². The Hall–Kier alpha value is -3.26. The summed E-state index contributed by atoms with van der Waals surface area (Å²) in [4.78, 5) is 28.6. The molecule has 4 fully saturated rings. The molecule has 4 unspecified atom stereocenters. The molecule has 3 aliphatic carbocycles. The van der Waals surface area contributed by atoms with E-state index in [0.29, 0.717) is 37.2 Å². The van der Waals surface area contributed by atoms with E-state index in [2.05, 4.69) is 47.7 Å². The molecule has 0 radical (unpaired) electrons. The van der Waals surface area contributed by atoms with Gasteiger partial charge in [0.2, 0.25) is 5.91 Å². The monoisotopic (exact) mass is 541 g/mol. The number of likely N-dealkylation sites (N-methyl/N-ethyl adjacent to an activating group) is 1. The fourth-order valence-electron chi connectivity index (χ4n) is 8.14. The van der Waals surface area contributed by atoms with Crippen LogP contribution in [0.25, 0.3) is 5.57 Å². The molecule has 1 amide bonds. The zero-order valence-electron chi connectivity index (χ0n) is 23.0. The number of carbonyl (C=O) groups excluding carboxylic acids is 1. The molecular weight excluding hydrogens is 505 g/mol. The number of aliphatic imine (C=N–C) groups is 2. The van der Waals surface area contributed by atoms with Crippen LogP contribution in [0.5, 0.6) is 0 Å². The summed E-state index contributed by atoms with van der Waals surface area (Å²) in [6.45, 7) is 6.62. The van der Waals surface area contributed by atoms with Crippen LogP contribution in [0.2, 0.25) is 0 Å². The van der Waals surface area contributed by atoms with Gasteiger partial charge in [0.1, 0.15) is 24.3 Å². The number of rotatable bonds is 4. The molecule has 1 saturated carbocycles. The molecule has 4 heterocycles. The maximum Gasteiger partial charge on any atom is 0.314 e. The highest BCUT2D eigenvalue weighted by atomic mass is 19.1. The van der Waals surface area contributed by atoms with Gasteiger partial charge in [0.25, 0.3) is 0 Å². The second-order valence-electron chi connectivity index (χ2n) is 12.6. The number of hydrogen-bond donors (Lipinski definition) is 0. The standard InChI is InChI=1S/C32H36FN5O2/c1-3-27(39)37-13-11-25-26(37)16-38(25)31-23-10-9-22(21-8-4-6-18-14-19-15-24(19)28(18)21)29(33)30(23)34-32(35-31)40-17-20-7-5-12-36(20)2/h3-4,6,8-10,19-20,23-26,30H,1,5,7,11-17H2,2H3/t19?,20-,23?,24?,25+,26+,30?/m0/s1. The van der Waals surface area contributed by atoms with Crippen LogP contribution >= 0.6 is 0 Å². The number of amides is 1. The summed E-state index contributed by atoms with van der Waals surface area (Å²) in [7, 11) is 2.12. The molecule has 40 heavy (non-hydrogen) atoms. The molecule has 0 N–H and O–H groups in total. The third-order valence-electron chi connectivity index (χ3n) is 10.5. The number of amidine groups is 2. The van der Waals surface area contributed by atoms with Gasteiger partial charge >= 0.3 is 6.02 Å². The van der Waals surface area contributed by atoms with E-state index in [9.17, 15) is 4.79 Å². The van der Waals surface area contributed by atoms with Crippen LogP contribution in [-0.2, 0) is 16.0 Å². The summed E-state index contributed by atoms with van der Waals surface area (Å²) in [5, 5.41) is 0. The van der Waals surface area contributed by atoms with Gasteiger partial charge in [-0.05, 0) is 80.3 Å². The lowest BCUT2D eigenvalue weighted by molar-refractivity contribution is -0.129. The van der Waals surface area contributed by atoms with Crippen molar-refractivity contribution in [3.63, 3.8) is 0 Å². The predicted octanol–water partition coefficient (Wildman–Crippen LogP) is 3.93. The molecule has 7 nitrogen and oxygen atoms in total. The molecule has 0 spiro atoms. The Kier molecular flexibility index (Phi) is 5.60. The Morgan fingerprint density at radius 3 is 2.98 bits per heavy atom. The van der Waals surface area contributed by atoms with Gasteiger partial charge in [0.05, 0.1) is 18.0 Å². The van der Waals surface area contributed by atoms with Crippen LogP contribution in [0.4, 0.5) is 4.39 Å². The number of benzene rings is 1. The van der Waals surface area contributed by atoms with Crippen molar-refractivity contribution in [2.45, 2.75) is 62.2 Å². The molecule has 208 valence electrons. The first-order valence-corrected chi connectivity index (χ1v) is 14.9. The van der Waals surface area contributed by atoms with Crippen LogP contribution in [0, 0.1) is 11.8 Å². The van der Waals surface area contributed by atoms with Crippen molar-refractivity contribution in [3.05, 3.63) is 65.5 Å². The summed E-state index contributed by atoms with van der Waals surface area (Å²) >= 11 is 0. The van der Waals surface area contributed by atoms with Crippen molar-refractivity contribution in [3.8, 4) is 0 Å². The second-order valence-corrected chi connectivity index (χ2v) is 12.6. The topological polar surface area (TPSA) is 60.7 Å². The molecule has 7 atom stereocenters. The number of halogens is 1. The number of likely N-dealkylation sites (tertiary alicyclic amines) is 3. The third-order valence-corrected chi connectivity index (χ3v) is 10.5. The summed E-state index contributed by atoms with van der Waals surface area (Å²) in [6, 6.07) is 6.58. The Morgan fingerprint density at radius 1 is 1.25 bits per heavy atom. The van der Waals surface area contributed by atoms with E-state index in [4.69, 9.17) is 14.7 Å². The van der Waals surface area contributed by atoms with Gasteiger partial charge in [-0.3, -0.25) is 4.79 Å². The zero-order chi connectivity index (χ0) is 27.1. The zero-order valence-corrected chi connectivity index (χ0v) is 23.0. The number of allylic oxidation sites excluding steroid dienone is 2. The minimum absolute atomic E-state index is 0.0219. The molecule has 8 rings (SSSR count). The highest BCUT2D eigenvalue weighted by Crippen LogP contribution is 2.58. The van der Waals surface area contributed by atoms with E-state index in [1.807, 2.05) is 11.0 Å². The Balaban J connectivity index is 1.12. The highest BCUT2D eigenvalue weighted by Gasteiger charge is 2.53. The SMILES string of the molecule is C=CC(=O)N1CC[C@@H]2[C@H]1CN2C1=NC(OC[C@@H]2CCCN2C)=NC2C(F)=C(c3cccc4c3C3CC3C4)C=CC12. The van der Waals surface area contributed by atoms with E-state index >= 15 is 4.39 Å². The van der Waals surface area contributed by atoms with Gasteiger partial charge in [-0.1, -0.05) is 36.9 Å². The number of nitrogens with zero attached hydrogens (tertiary/aromatic N) is 5. The smallest absolute Gasteiger partial charge is 0.314 e. The second kappa shape index (κ2) is 9.13.